The van der Waals surface area contributed by atoms with Crippen LogP contribution in [0.5, 0.6) is 0 Å². The van der Waals surface area contributed by atoms with Gasteiger partial charge in [-0.15, -0.1) is 0 Å². The molecule has 0 unspecified atom stereocenters. The van der Waals surface area contributed by atoms with Gasteiger partial charge in [-0.05, 0) is 26.2 Å². The van der Waals surface area contributed by atoms with E-state index in [1.165, 1.54) is 11.8 Å². The number of carbonyl (C=O) groups excluding carboxylic acids is 1. The van der Waals surface area contributed by atoms with Gasteiger partial charge >= 0.3 is 0 Å². The molecule has 2 aromatic heterocycles. The van der Waals surface area contributed by atoms with Gasteiger partial charge in [-0.3, -0.25) is 14.2 Å². The molecule has 8 nitrogen and oxygen atoms in total. The van der Waals surface area contributed by atoms with Gasteiger partial charge in [-0.25, -0.2) is 9.67 Å². The quantitative estimate of drug-likeness (QED) is 0.630. The van der Waals surface area contributed by atoms with Crippen molar-refractivity contribution in [1.29, 1.82) is 0 Å². The number of fused-ring (bicyclic) bond motifs is 2. The zero-order valence-corrected chi connectivity index (χ0v) is 16.6. The van der Waals surface area contributed by atoms with Crippen LogP contribution in [0.2, 0.25) is 0 Å². The van der Waals surface area contributed by atoms with E-state index in [2.05, 4.69) is 15.4 Å². The van der Waals surface area contributed by atoms with Crippen molar-refractivity contribution in [3.8, 4) is 5.69 Å². The van der Waals surface area contributed by atoms with Crippen molar-refractivity contribution in [1.82, 2.24) is 29.5 Å². The number of carbonyl (C=O) groups is 1. The molecule has 0 radical (unpaired) electrons. The van der Waals surface area contributed by atoms with E-state index in [-0.39, 0.29) is 23.9 Å². The molecule has 0 saturated heterocycles. The van der Waals surface area contributed by atoms with Gasteiger partial charge in [-0.1, -0.05) is 30.0 Å². The third-order valence-corrected chi connectivity index (χ3v) is 5.77. The summed E-state index contributed by atoms with van der Waals surface area (Å²) in [5, 5.41) is 8.38. The van der Waals surface area contributed by atoms with E-state index in [4.69, 9.17) is 0 Å². The zero-order chi connectivity index (χ0) is 19.7. The lowest BCUT2D eigenvalue weighted by Crippen LogP contribution is -2.34. The van der Waals surface area contributed by atoms with Crippen LogP contribution in [0.25, 0.3) is 16.7 Å². The second kappa shape index (κ2) is 7.76. The highest BCUT2D eigenvalue weighted by Gasteiger charge is 2.29. The Morgan fingerprint density at radius 2 is 2.11 bits per heavy atom. The van der Waals surface area contributed by atoms with Crippen LogP contribution in [0, 0.1) is 0 Å². The molecular weight excluding hydrogens is 376 g/mol. The Morgan fingerprint density at radius 3 is 2.86 bits per heavy atom. The Kier molecular flexibility index (Phi) is 5.19. The first-order valence-electron chi connectivity index (χ1n) is 9.14. The van der Waals surface area contributed by atoms with Crippen LogP contribution in [0.1, 0.15) is 12.5 Å². The lowest BCUT2D eigenvalue weighted by Gasteiger charge is -2.14. The number of nitrogens with one attached hydrogen (secondary N) is 1. The van der Waals surface area contributed by atoms with Crippen molar-refractivity contribution in [3.05, 3.63) is 46.9 Å². The summed E-state index contributed by atoms with van der Waals surface area (Å²) in [6, 6.07) is 9.42. The van der Waals surface area contributed by atoms with Gasteiger partial charge in [0.1, 0.15) is 5.39 Å². The number of rotatable bonds is 6. The summed E-state index contributed by atoms with van der Waals surface area (Å²) in [6.45, 7) is 1.37. The Hall–Kier alpha value is -2.65. The van der Waals surface area contributed by atoms with E-state index in [1.807, 2.05) is 49.3 Å². The number of nitrogens with zero attached hydrogens (tertiary/aromatic N) is 5. The number of amides is 1. The smallest absolute Gasteiger partial charge is 0.265 e. The van der Waals surface area contributed by atoms with Gasteiger partial charge in [0.2, 0.25) is 5.91 Å². The fourth-order valence-electron chi connectivity index (χ4n) is 3.24. The molecule has 1 aromatic carbocycles. The molecule has 0 fully saturated rings. The fraction of sp³-hybridized carbons (Fsp3) is 0.368. The molecule has 1 atom stereocenters. The number of thioether (sulfide) groups is 1. The Morgan fingerprint density at radius 1 is 1.32 bits per heavy atom. The molecule has 0 spiro atoms. The standard InChI is InChI=1S/C19H22N6O2S/c1-23(2)9-8-20-16(26)10-14-12-28-19-22-17-15(18(27)24(14)19)11-21-25(17)13-6-4-3-5-7-13/h3-7,11,14H,8-10,12H2,1-2H3,(H,20,26)/t14-/m1/s1. The summed E-state index contributed by atoms with van der Waals surface area (Å²) in [4.78, 5) is 32.0. The van der Waals surface area contributed by atoms with Crippen molar-refractivity contribution >= 4 is 28.7 Å². The molecule has 0 bridgehead atoms. The third kappa shape index (κ3) is 3.55. The van der Waals surface area contributed by atoms with Crippen LogP contribution < -0.4 is 10.9 Å². The largest absolute Gasteiger partial charge is 0.355 e. The molecule has 0 saturated carbocycles. The maximum atomic E-state index is 13.1. The number of hydrogen-bond acceptors (Lipinski definition) is 6. The molecule has 9 heteroatoms. The van der Waals surface area contributed by atoms with Crippen LogP contribution in [0.4, 0.5) is 0 Å². The third-order valence-electron chi connectivity index (χ3n) is 4.67. The minimum absolute atomic E-state index is 0.0488. The maximum absolute atomic E-state index is 13.1. The van der Waals surface area contributed by atoms with E-state index < -0.39 is 0 Å². The summed E-state index contributed by atoms with van der Waals surface area (Å²) in [5.41, 5.74) is 1.26. The summed E-state index contributed by atoms with van der Waals surface area (Å²) >= 11 is 1.51. The molecule has 28 heavy (non-hydrogen) atoms. The normalized spacial score (nSPS) is 15.9. The van der Waals surface area contributed by atoms with Gasteiger partial charge < -0.3 is 10.2 Å². The first kappa shape index (κ1) is 18.7. The van der Waals surface area contributed by atoms with E-state index in [0.717, 1.165) is 12.2 Å². The second-order valence-electron chi connectivity index (χ2n) is 7.02. The number of hydrogen-bond donors (Lipinski definition) is 1. The van der Waals surface area contributed by atoms with Crippen molar-refractivity contribution < 1.29 is 4.79 Å². The lowest BCUT2D eigenvalue weighted by atomic mass is 10.2. The van der Waals surface area contributed by atoms with Crippen molar-refractivity contribution in [2.45, 2.75) is 17.6 Å². The number of likely N-dealkylation sites (N-methyl/N-ethyl adjacent to an activating group) is 1. The van der Waals surface area contributed by atoms with Gasteiger partial charge in [0.25, 0.3) is 5.56 Å². The molecule has 1 aliphatic heterocycles. The predicted octanol–water partition coefficient (Wildman–Crippen LogP) is 1.30. The van der Waals surface area contributed by atoms with Crippen molar-refractivity contribution in [2.75, 3.05) is 32.9 Å². The van der Waals surface area contributed by atoms with Gasteiger partial charge in [-0.2, -0.15) is 5.10 Å². The van der Waals surface area contributed by atoms with Gasteiger partial charge in [0, 0.05) is 25.3 Å². The molecule has 3 aromatic rings. The van der Waals surface area contributed by atoms with Gasteiger partial charge in [0.05, 0.1) is 17.9 Å². The van der Waals surface area contributed by atoms with E-state index in [1.54, 1.807) is 15.4 Å². The minimum atomic E-state index is -0.191. The Labute approximate surface area is 166 Å². The molecule has 0 aliphatic carbocycles. The predicted molar refractivity (Wildman–Crippen MR) is 109 cm³/mol. The van der Waals surface area contributed by atoms with Crippen LogP contribution >= 0.6 is 11.8 Å². The molecule has 1 aliphatic rings. The average Bonchev–Trinajstić information content (AvgIpc) is 3.27. The first-order chi connectivity index (χ1) is 13.5. The highest BCUT2D eigenvalue weighted by molar-refractivity contribution is 7.99. The Balaban J connectivity index is 1.61. The molecule has 1 amide bonds. The van der Waals surface area contributed by atoms with Crippen LogP contribution in [0.15, 0.2) is 46.5 Å². The molecule has 146 valence electrons. The number of benzene rings is 1. The van der Waals surface area contributed by atoms with E-state index in [9.17, 15) is 9.59 Å². The molecule has 3 heterocycles. The van der Waals surface area contributed by atoms with Crippen LogP contribution in [-0.4, -0.2) is 63.1 Å². The monoisotopic (exact) mass is 398 g/mol. The summed E-state index contributed by atoms with van der Waals surface area (Å²) in [6.07, 6.45) is 1.83. The number of aromatic nitrogens is 4. The SMILES string of the molecule is CN(C)CCNC(=O)C[C@@H]1CSc2nc3c(cnn3-c3ccccc3)c(=O)n21. The average molecular weight is 398 g/mol. The van der Waals surface area contributed by atoms with Crippen LogP contribution in [-0.2, 0) is 4.79 Å². The lowest BCUT2D eigenvalue weighted by molar-refractivity contribution is -0.121. The molecular formula is C19H22N6O2S. The Bertz CT molecular complexity index is 1060. The van der Waals surface area contributed by atoms with E-state index >= 15 is 0 Å². The van der Waals surface area contributed by atoms with E-state index in [0.29, 0.717) is 28.5 Å². The fourth-order valence-corrected chi connectivity index (χ4v) is 4.37. The summed E-state index contributed by atoms with van der Waals surface area (Å²) in [5.74, 6) is 0.613. The molecule has 4 rings (SSSR count). The zero-order valence-electron chi connectivity index (χ0n) is 15.8. The summed E-state index contributed by atoms with van der Waals surface area (Å²) < 4.78 is 3.33. The minimum Gasteiger partial charge on any atom is -0.355 e. The first-order valence-corrected chi connectivity index (χ1v) is 10.1. The summed E-state index contributed by atoms with van der Waals surface area (Å²) in [7, 11) is 3.92. The maximum Gasteiger partial charge on any atom is 0.265 e. The molecule has 1 N–H and O–H groups in total. The van der Waals surface area contributed by atoms with Crippen molar-refractivity contribution in [3.63, 3.8) is 0 Å². The van der Waals surface area contributed by atoms with Crippen molar-refractivity contribution in [2.24, 2.45) is 0 Å². The number of para-hydroxylation sites is 1. The highest BCUT2D eigenvalue weighted by atomic mass is 32.2. The van der Waals surface area contributed by atoms with Gasteiger partial charge in [0.15, 0.2) is 10.8 Å². The van der Waals surface area contributed by atoms with Crippen LogP contribution in [0.3, 0.4) is 0 Å². The highest BCUT2D eigenvalue weighted by Crippen LogP contribution is 2.33. The topological polar surface area (TPSA) is 85.1 Å². The second-order valence-corrected chi connectivity index (χ2v) is 8.01.